The molecule has 0 radical (unpaired) electrons. The Morgan fingerprint density at radius 3 is 2.56 bits per heavy atom. The molecule has 1 aliphatic heterocycles. The minimum absolute atomic E-state index is 0.152. The smallest absolute Gasteiger partial charge is 0.258 e. The van der Waals surface area contributed by atoms with Crippen LogP contribution in [0, 0.1) is 6.92 Å². The standard InChI is InChI=1S/C20H20Cl2N4O/c1-14-17(21)13-26-18(27)11-15(23-20(26)19(14)22)12-24-7-9-25(10-8-24)16-5-3-2-4-6-16/h2-6,11,13H,7-10,12H2,1H3/p+1. The van der Waals surface area contributed by atoms with E-state index >= 15 is 0 Å². The lowest BCUT2D eigenvalue weighted by molar-refractivity contribution is -0.914. The van der Waals surface area contributed by atoms with Crippen molar-refractivity contribution in [3.05, 3.63) is 74.3 Å². The quantitative estimate of drug-likeness (QED) is 0.728. The topological polar surface area (TPSA) is 42.1 Å². The maximum Gasteiger partial charge on any atom is 0.258 e. The highest BCUT2D eigenvalue weighted by Crippen LogP contribution is 2.26. The van der Waals surface area contributed by atoms with E-state index in [1.165, 1.54) is 15.0 Å². The van der Waals surface area contributed by atoms with E-state index in [0.717, 1.165) is 37.4 Å². The van der Waals surface area contributed by atoms with Crippen LogP contribution in [0.2, 0.25) is 10.0 Å². The maximum atomic E-state index is 12.5. The number of benzene rings is 1. The van der Waals surface area contributed by atoms with Crippen LogP contribution in [0.3, 0.4) is 0 Å². The highest BCUT2D eigenvalue weighted by atomic mass is 35.5. The van der Waals surface area contributed by atoms with Gasteiger partial charge in [0.25, 0.3) is 5.56 Å². The lowest BCUT2D eigenvalue weighted by Gasteiger charge is -2.33. The molecule has 27 heavy (non-hydrogen) atoms. The number of nitrogens with one attached hydrogen (secondary N) is 1. The van der Waals surface area contributed by atoms with Gasteiger partial charge in [-0.25, -0.2) is 4.98 Å². The number of hydrogen-bond donors (Lipinski definition) is 1. The summed E-state index contributed by atoms with van der Waals surface area (Å²) in [5.41, 5.74) is 3.10. The van der Waals surface area contributed by atoms with Crippen molar-refractivity contribution < 1.29 is 4.90 Å². The molecule has 1 saturated heterocycles. The van der Waals surface area contributed by atoms with Gasteiger partial charge in [-0.2, -0.15) is 0 Å². The van der Waals surface area contributed by atoms with E-state index in [9.17, 15) is 4.79 Å². The highest BCUT2D eigenvalue weighted by Gasteiger charge is 2.21. The summed E-state index contributed by atoms with van der Waals surface area (Å²) in [6.07, 6.45) is 1.59. The zero-order valence-electron chi connectivity index (χ0n) is 15.1. The van der Waals surface area contributed by atoms with E-state index in [1.807, 2.05) is 13.0 Å². The van der Waals surface area contributed by atoms with Gasteiger partial charge in [0.05, 0.1) is 36.2 Å². The molecule has 140 valence electrons. The van der Waals surface area contributed by atoms with Crippen LogP contribution in [-0.4, -0.2) is 35.6 Å². The number of hydrogen-bond acceptors (Lipinski definition) is 3. The van der Waals surface area contributed by atoms with Crippen molar-refractivity contribution in [1.82, 2.24) is 9.38 Å². The van der Waals surface area contributed by atoms with Gasteiger partial charge >= 0.3 is 0 Å². The maximum absolute atomic E-state index is 12.5. The number of piperazine rings is 1. The van der Waals surface area contributed by atoms with Crippen LogP contribution < -0.4 is 15.4 Å². The summed E-state index contributed by atoms with van der Waals surface area (Å²) in [4.78, 5) is 20.9. The first-order valence-corrected chi connectivity index (χ1v) is 9.79. The number of anilines is 1. The van der Waals surface area contributed by atoms with Crippen molar-refractivity contribution in [1.29, 1.82) is 0 Å². The number of rotatable bonds is 3. The second kappa shape index (κ2) is 7.50. The Balaban J connectivity index is 1.52. The first-order valence-electron chi connectivity index (χ1n) is 9.03. The van der Waals surface area contributed by atoms with Crippen LogP contribution in [0.15, 0.2) is 47.4 Å². The van der Waals surface area contributed by atoms with Crippen LogP contribution in [0.4, 0.5) is 5.69 Å². The highest BCUT2D eigenvalue weighted by molar-refractivity contribution is 6.37. The van der Waals surface area contributed by atoms with Crippen LogP contribution in [-0.2, 0) is 6.54 Å². The Morgan fingerprint density at radius 2 is 1.85 bits per heavy atom. The molecule has 3 heterocycles. The molecule has 1 aliphatic rings. The number of pyridine rings is 1. The van der Waals surface area contributed by atoms with Gasteiger partial charge in [0.2, 0.25) is 0 Å². The summed E-state index contributed by atoms with van der Waals surface area (Å²) >= 11 is 12.5. The van der Waals surface area contributed by atoms with Gasteiger partial charge in [-0.05, 0) is 24.6 Å². The molecule has 7 heteroatoms. The Hall–Kier alpha value is -2.08. The van der Waals surface area contributed by atoms with E-state index in [-0.39, 0.29) is 5.56 Å². The first-order chi connectivity index (χ1) is 13.0. The fraction of sp³-hybridized carbons (Fsp3) is 0.300. The molecule has 0 aliphatic carbocycles. The third kappa shape index (κ3) is 3.68. The predicted molar refractivity (Wildman–Crippen MR) is 109 cm³/mol. The molecule has 3 aromatic rings. The lowest BCUT2D eigenvalue weighted by Crippen LogP contribution is -3.13. The summed E-state index contributed by atoms with van der Waals surface area (Å²) < 4.78 is 1.42. The first kappa shape index (κ1) is 18.3. The molecule has 1 fully saturated rings. The molecule has 2 aromatic heterocycles. The van der Waals surface area contributed by atoms with Crippen molar-refractivity contribution in [2.24, 2.45) is 0 Å². The third-order valence-corrected chi connectivity index (χ3v) is 5.99. The molecule has 0 bridgehead atoms. The minimum Gasteiger partial charge on any atom is -0.360 e. The molecule has 0 unspecified atom stereocenters. The molecule has 0 atom stereocenters. The van der Waals surface area contributed by atoms with Crippen molar-refractivity contribution in [3.63, 3.8) is 0 Å². The van der Waals surface area contributed by atoms with E-state index in [4.69, 9.17) is 23.2 Å². The summed E-state index contributed by atoms with van der Waals surface area (Å²) in [6, 6.07) is 12.1. The van der Waals surface area contributed by atoms with Crippen LogP contribution >= 0.6 is 23.2 Å². The molecule has 4 rings (SSSR count). The van der Waals surface area contributed by atoms with Crippen LogP contribution in [0.25, 0.3) is 5.65 Å². The van der Waals surface area contributed by atoms with Gasteiger partial charge in [-0.15, -0.1) is 0 Å². The second-order valence-electron chi connectivity index (χ2n) is 6.94. The molecular weight excluding hydrogens is 383 g/mol. The van der Waals surface area contributed by atoms with Crippen molar-refractivity contribution in [3.8, 4) is 0 Å². The third-order valence-electron chi connectivity index (χ3n) is 5.15. The lowest BCUT2D eigenvalue weighted by atomic mass is 10.2. The fourth-order valence-electron chi connectivity index (χ4n) is 3.54. The second-order valence-corrected chi connectivity index (χ2v) is 7.73. The molecule has 0 amide bonds. The largest absolute Gasteiger partial charge is 0.360 e. The number of halogens is 2. The van der Waals surface area contributed by atoms with Gasteiger partial charge in [0, 0.05) is 18.0 Å². The average Bonchev–Trinajstić information content (AvgIpc) is 2.69. The van der Waals surface area contributed by atoms with E-state index in [1.54, 1.807) is 12.3 Å². The zero-order chi connectivity index (χ0) is 19.0. The predicted octanol–water partition coefficient (Wildman–Crippen LogP) is 2.21. The van der Waals surface area contributed by atoms with Crippen LogP contribution in [0.5, 0.6) is 0 Å². The minimum atomic E-state index is -0.152. The number of nitrogens with zero attached hydrogens (tertiary/aromatic N) is 3. The molecular formula is C20H21Cl2N4O+. The van der Waals surface area contributed by atoms with Crippen molar-refractivity contribution in [2.45, 2.75) is 13.5 Å². The summed E-state index contributed by atoms with van der Waals surface area (Å²) in [7, 11) is 0. The van der Waals surface area contributed by atoms with Gasteiger partial charge in [0.15, 0.2) is 5.65 Å². The molecule has 0 spiro atoms. The molecule has 1 aromatic carbocycles. The summed E-state index contributed by atoms with van der Waals surface area (Å²) in [5, 5.41) is 0.900. The molecule has 5 nitrogen and oxygen atoms in total. The van der Waals surface area contributed by atoms with Gasteiger partial charge in [-0.1, -0.05) is 41.4 Å². The van der Waals surface area contributed by atoms with E-state index < -0.39 is 0 Å². The van der Waals surface area contributed by atoms with Crippen molar-refractivity contribution >= 4 is 34.5 Å². The SMILES string of the molecule is Cc1c(Cl)cn2c(=O)cc(C[NH+]3CCN(c4ccccc4)CC3)nc2c1Cl. The normalized spacial score (nSPS) is 15.4. The number of quaternary nitrogens is 1. The Morgan fingerprint density at radius 1 is 1.15 bits per heavy atom. The Labute approximate surface area is 167 Å². The van der Waals surface area contributed by atoms with Crippen molar-refractivity contribution in [2.75, 3.05) is 31.1 Å². The Bertz CT molecular complexity index is 1030. The van der Waals surface area contributed by atoms with Gasteiger partial charge in [-0.3, -0.25) is 9.20 Å². The fourth-order valence-corrected chi connectivity index (χ4v) is 4.02. The van der Waals surface area contributed by atoms with E-state index in [2.05, 4.69) is 34.1 Å². The van der Waals surface area contributed by atoms with Gasteiger partial charge < -0.3 is 9.80 Å². The molecule has 0 saturated carbocycles. The summed E-state index contributed by atoms with van der Waals surface area (Å²) in [6.45, 7) is 6.53. The van der Waals surface area contributed by atoms with E-state index in [0.29, 0.717) is 22.2 Å². The number of aromatic nitrogens is 2. The van der Waals surface area contributed by atoms with Gasteiger partial charge in [0.1, 0.15) is 12.2 Å². The zero-order valence-corrected chi connectivity index (χ0v) is 16.6. The summed E-state index contributed by atoms with van der Waals surface area (Å²) in [5.74, 6) is 0. The number of fused-ring (bicyclic) bond motifs is 1. The van der Waals surface area contributed by atoms with Crippen LogP contribution in [0.1, 0.15) is 11.3 Å². The number of para-hydroxylation sites is 1. The average molecular weight is 404 g/mol. The monoisotopic (exact) mass is 403 g/mol. The Kier molecular flexibility index (Phi) is 5.08. The molecule has 1 N–H and O–H groups in total.